The maximum atomic E-state index is 13.4. The monoisotopic (exact) mass is 455 g/mol. The number of aliphatic hydroxyl groups is 2. The number of Topliss-reactive ketones (excluding diaryl/α,β-unsaturated/α-hetero) is 1. The van der Waals surface area contributed by atoms with Crippen LogP contribution in [0, 0.1) is 28.6 Å². The first-order valence-electron chi connectivity index (χ1n) is 11.9. The molecule has 6 heteroatoms. The lowest BCUT2D eigenvalue weighted by molar-refractivity contribution is -0.178. The van der Waals surface area contributed by atoms with Gasteiger partial charge in [-0.1, -0.05) is 37.2 Å². The molecule has 6 unspecified atom stereocenters. The lowest BCUT2D eigenvalue weighted by Crippen LogP contribution is -2.61. The molecule has 172 valence electrons. The molecule has 7 atom stereocenters. The van der Waals surface area contributed by atoms with E-state index in [4.69, 9.17) is 0 Å². The molecule has 0 radical (unpaired) electrons. The predicted molar refractivity (Wildman–Crippen MR) is 123 cm³/mol. The molecule has 0 spiro atoms. The van der Waals surface area contributed by atoms with Crippen molar-refractivity contribution in [2.45, 2.75) is 75.5 Å². The van der Waals surface area contributed by atoms with Gasteiger partial charge in [0.25, 0.3) is 0 Å². The predicted octanol–water partition coefficient (Wildman–Crippen LogP) is 3.98. The number of ketones is 2. The highest BCUT2D eigenvalue weighted by Gasteiger charge is 2.68. The molecule has 0 bridgehead atoms. The smallest absolute Gasteiger partial charge is 0.175 e. The number of pyridine rings is 1. The van der Waals surface area contributed by atoms with Crippen molar-refractivity contribution in [3.05, 3.63) is 36.0 Å². The maximum Gasteiger partial charge on any atom is 0.175 e. The van der Waals surface area contributed by atoms with Gasteiger partial charge in [-0.05, 0) is 79.9 Å². The van der Waals surface area contributed by atoms with Gasteiger partial charge in [0.05, 0.1) is 16.9 Å². The number of rotatable bonds is 4. The first-order valence-corrected chi connectivity index (χ1v) is 12.9. The molecular formula is C26H33NO4S. The largest absolute Gasteiger partial charge is 0.393 e. The van der Waals surface area contributed by atoms with Crippen LogP contribution in [0.1, 0.15) is 58.8 Å². The number of allylic oxidation sites excluding steroid dienone is 1. The number of thioether (sulfide) groups is 1. The van der Waals surface area contributed by atoms with Crippen molar-refractivity contribution in [2.75, 3.05) is 5.75 Å². The summed E-state index contributed by atoms with van der Waals surface area (Å²) >= 11 is 1.37. The molecule has 4 aliphatic carbocycles. The number of aromatic nitrogens is 1. The van der Waals surface area contributed by atoms with Gasteiger partial charge in [-0.15, -0.1) is 0 Å². The second kappa shape index (κ2) is 7.78. The van der Waals surface area contributed by atoms with Gasteiger partial charge in [-0.3, -0.25) is 9.59 Å². The van der Waals surface area contributed by atoms with E-state index in [1.54, 1.807) is 6.20 Å². The Morgan fingerprint density at radius 1 is 1.22 bits per heavy atom. The number of hydrogen-bond acceptors (Lipinski definition) is 6. The van der Waals surface area contributed by atoms with E-state index < -0.39 is 17.1 Å². The van der Waals surface area contributed by atoms with Crippen LogP contribution in [0.15, 0.2) is 41.1 Å². The van der Waals surface area contributed by atoms with Crippen molar-refractivity contribution >= 4 is 23.3 Å². The third kappa shape index (κ3) is 3.17. The number of aliphatic hydroxyl groups excluding tert-OH is 1. The van der Waals surface area contributed by atoms with E-state index >= 15 is 0 Å². The van der Waals surface area contributed by atoms with Gasteiger partial charge in [-0.2, -0.15) is 0 Å². The molecule has 5 nitrogen and oxygen atoms in total. The van der Waals surface area contributed by atoms with E-state index in [-0.39, 0.29) is 40.5 Å². The van der Waals surface area contributed by atoms with E-state index in [1.807, 2.05) is 31.2 Å². The third-order valence-electron chi connectivity index (χ3n) is 9.50. The Kier molecular flexibility index (Phi) is 5.42. The van der Waals surface area contributed by atoms with Crippen molar-refractivity contribution in [3.63, 3.8) is 0 Å². The van der Waals surface area contributed by atoms with E-state index in [0.29, 0.717) is 19.3 Å². The SMILES string of the molecule is CC12CCC(=O)C=C1CCC1C2C(O)CC2(C)C1CC[C@]2(O)C(=O)CSc1ccccn1. The van der Waals surface area contributed by atoms with Crippen LogP contribution in [0.25, 0.3) is 0 Å². The van der Waals surface area contributed by atoms with Crippen molar-refractivity contribution in [3.8, 4) is 0 Å². The molecule has 0 saturated heterocycles. The topological polar surface area (TPSA) is 87.5 Å². The average molecular weight is 456 g/mol. The Balaban J connectivity index is 1.40. The first-order chi connectivity index (χ1) is 15.2. The highest BCUT2D eigenvalue weighted by molar-refractivity contribution is 7.99. The van der Waals surface area contributed by atoms with Crippen LogP contribution in [0.3, 0.4) is 0 Å². The van der Waals surface area contributed by atoms with Crippen LogP contribution in [0.4, 0.5) is 0 Å². The molecule has 1 aromatic heterocycles. The minimum absolute atomic E-state index is 0.0917. The van der Waals surface area contributed by atoms with Crippen molar-refractivity contribution < 1.29 is 19.8 Å². The summed E-state index contributed by atoms with van der Waals surface area (Å²) in [5.74, 6) is 0.818. The molecule has 1 heterocycles. The Morgan fingerprint density at radius 2 is 2.03 bits per heavy atom. The summed E-state index contributed by atoms with van der Waals surface area (Å²) in [7, 11) is 0. The molecule has 5 rings (SSSR count). The number of nitrogens with zero attached hydrogens (tertiary/aromatic N) is 1. The van der Waals surface area contributed by atoms with E-state index in [1.165, 1.54) is 17.3 Å². The third-order valence-corrected chi connectivity index (χ3v) is 10.4. The second-order valence-corrected chi connectivity index (χ2v) is 11.9. The zero-order valence-electron chi connectivity index (χ0n) is 18.9. The molecule has 4 aliphatic rings. The summed E-state index contributed by atoms with van der Waals surface area (Å²) in [5, 5.41) is 24.0. The van der Waals surface area contributed by atoms with Crippen LogP contribution in [0.5, 0.6) is 0 Å². The minimum Gasteiger partial charge on any atom is -0.393 e. The molecule has 3 saturated carbocycles. The maximum absolute atomic E-state index is 13.4. The van der Waals surface area contributed by atoms with Gasteiger partial charge in [0, 0.05) is 18.0 Å². The highest BCUT2D eigenvalue weighted by Crippen LogP contribution is 2.67. The number of carbonyl (C=O) groups is 2. The van der Waals surface area contributed by atoms with Crippen molar-refractivity contribution in [1.29, 1.82) is 0 Å². The second-order valence-electron chi connectivity index (χ2n) is 10.9. The molecular weight excluding hydrogens is 422 g/mol. The van der Waals surface area contributed by atoms with E-state index in [9.17, 15) is 19.8 Å². The number of fused-ring (bicyclic) bond motifs is 5. The number of hydrogen-bond donors (Lipinski definition) is 2. The van der Waals surface area contributed by atoms with Crippen LogP contribution >= 0.6 is 11.8 Å². The zero-order chi connectivity index (χ0) is 22.7. The standard InChI is InChI=1S/C26H33NO4S/c1-24-10-8-17(28)13-16(24)6-7-18-19-9-11-26(31,25(19,2)14-20(29)23(18)24)21(30)15-32-22-5-3-4-12-27-22/h3-5,12-13,18-20,23,29,31H,6-11,14-15H2,1-2H3/t18?,19?,20?,23?,24?,25?,26-/m0/s1. The summed E-state index contributed by atoms with van der Waals surface area (Å²) < 4.78 is 0. The Morgan fingerprint density at radius 3 is 2.78 bits per heavy atom. The van der Waals surface area contributed by atoms with Crippen molar-refractivity contribution in [1.82, 2.24) is 4.98 Å². The fourth-order valence-electron chi connectivity index (χ4n) is 7.84. The van der Waals surface area contributed by atoms with Gasteiger partial charge in [-0.25, -0.2) is 4.98 Å². The Labute approximate surface area is 194 Å². The molecule has 0 aliphatic heterocycles. The Hall–Kier alpha value is -1.50. The molecule has 0 amide bonds. The lowest BCUT2D eigenvalue weighted by Gasteiger charge is -2.60. The van der Waals surface area contributed by atoms with E-state index in [2.05, 4.69) is 11.9 Å². The summed E-state index contributed by atoms with van der Waals surface area (Å²) in [5.41, 5.74) is -0.992. The van der Waals surface area contributed by atoms with Crippen LogP contribution < -0.4 is 0 Å². The molecule has 32 heavy (non-hydrogen) atoms. The van der Waals surface area contributed by atoms with Crippen LogP contribution in [-0.2, 0) is 9.59 Å². The summed E-state index contributed by atoms with van der Waals surface area (Å²) in [6.45, 7) is 4.26. The Bertz CT molecular complexity index is 964. The van der Waals surface area contributed by atoms with Gasteiger partial charge >= 0.3 is 0 Å². The lowest BCUT2D eigenvalue weighted by atomic mass is 9.45. The van der Waals surface area contributed by atoms with Gasteiger partial charge in [0.1, 0.15) is 5.60 Å². The van der Waals surface area contributed by atoms with Crippen molar-refractivity contribution in [2.24, 2.45) is 28.6 Å². The van der Waals surface area contributed by atoms with Gasteiger partial charge < -0.3 is 10.2 Å². The summed E-state index contributed by atoms with van der Waals surface area (Å²) in [6, 6.07) is 5.61. The fraction of sp³-hybridized carbons (Fsp3) is 0.654. The average Bonchev–Trinajstić information content (AvgIpc) is 3.04. The molecule has 3 fully saturated rings. The fourth-order valence-corrected chi connectivity index (χ4v) is 8.67. The highest BCUT2D eigenvalue weighted by atomic mass is 32.2. The summed E-state index contributed by atoms with van der Waals surface area (Å²) in [6.07, 6.45) is 7.82. The molecule has 1 aromatic rings. The van der Waals surface area contributed by atoms with E-state index in [0.717, 1.165) is 30.7 Å². The van der Waals surface area contributed by atoms with Gasteiger partial charge in [0.15, 0.2) is 11.6 Å². The minimum atomic E-state index is -1.41. The van der Waals surface area contributed by atoms with Gasteiger partial charge in [0.2, 0.25) is 0 Å². The normalized spacial score (nSPS) is 43.1. The first kappa shape index (κ1) is 22.3. The van der Waals surface area contributed by atoms with Crippen LogP contribution in [0.2, 0.25) is 0 Å². The molecule has 0 aromatic carbocycles. The van der Waals surface area contributed by atoms with Crippen LogP contribution in [-0.4, -0.2) is 44.2 Å². The number of carbonyl (C=O) groups excluding carboxylic acids is 2. The zero-order valence-corrected chi connectivity index (χ0v) is 19.7. The quantitative estimate of drug-likeness (QED) is 0.668. The summed E-state index contributed by atoms with van der Waals surface area (Å²) in [4.78, 5) is 29.7. The molecule has 2 N–H and O–H groups in total.